The Morgan fingerprint density at radius 2 is 1.58 bits per heavy atom. The predicted octanol–water partition coefficient (Wildman–Crippen LogP) is 6.50. The highest BCUT2D eigenvalue weighted by molar-refractivity contribution is 9.09. The van der Waals surface area contributed by atoms with E-state index in [1.807, 2.05) is 18.2 Å². The maximum atomic E-state index is 6.34. The Kier molecular flexibility index (Phi) is 6.08. The van der Waals surface area contributed by atoms with Crippen LogP contribution in [0.1, 0.15) is 31.2 Å². The lowest BCUT2D eigenvalue weighted by Crippen LogP contribution is -2.35. The minimum Gasteiger partial charge on any atom is -0.0921 e. The molecular weight excluding hydrogens is 411 g/mol. The summed E-state index contributed by atoms with van der Waals surface area (Å²) in [7, 11) is 0. The van der Waals surface area contributed by atoms with Crippen molar-refractivity contribution < 1.29 is 0 Å². The molecule has 0 bridgehead atoms. The summed E-state index contributed by atoms with van der Waals surface area (Å²) in [6.45, 7) is 0. The Morgan fingerprint density at radius 3 is 2.05 bits per heavy atom. The third-order valence-corrected chi connectivity index (χ3v) is 7.29. The van der Waals surface area contributed by atoms with Crippen molar-refractivity contribution in [2.24, 2.45) is 11.3 Å². The zero-order valence-electron chi connectivity index (χ0n) is 10.8. The van der Waals surface area contributed by atoms with Crippen LogP contribution in [0.25, 0.3) is 0 Å². The smallest absolute Gasteiger partial charge is 0.0453 e. The lowest BCUT2D eigenvalue weighted by molar-refractivity contribution is 0.233. The SMILES string of the molecule is Clc1cccc(Cl)c1CC(CBr)(CBr)C1CCCC1. The maximum Gasteiger partial charge on any atom is 0.0453 e. The second-order valence-electron chi connectivity index (χ2n) is 5.49. The summed E-state index contributed by atoms with van der Waals surface area (Å²) in [6, 6.07) is 5.78. The second kappa shape index (κ2) is 7.15. The maximum absolute atomic E-state index is 6.34. The fourth-order valence-electron chi connectivity index (χ4n) is 3.08. The van der Waals surface area contributed by atoms with Crippen LogP contribution in [0.5, 0.6) is 0 Å². The molecule has 0 unspecified atom stereocenters. The van der Waals surface area contributed by atoms with Gasteiger partial charge in [0, 0.05) is 20.7 Å². The molecule has 0 aliphatic heterocycles. The average molecular weight is 429 g/mol. The predicted molar refractivity (Wildman–Crippen MR) is 92.1 cm³/mol. The van der Waals surface area contributed by atoms with E-state index in [9.17, 15) is 0 Å². The molecule has 1 saturated carbocycles. The van der Waals surface area contributed by atoms with E-state index in [1.165, 1.54) is 25.7 Å². The van der Waals surface area contributed by atoms with Crippen molar-refractivity contribution >= 4 is 55.1 Å². The molecule has 1 aromatic carbocycles. The van der Waals surface area contributed by atoms with Crippen LogP contribution in [0, 0.1) is 11.3 Å². The van der Waals surface area contributed by atoms with E-state index in [0.717, 1.165) is 38.6 Å². The molecule has 0 atom stereocenters. The number of hydrogen-bond donors (Lipinski definition) is 0. The quantitative estimate of drug-likeness (QED) is 0.469. The molecule has 0 nitrogen and oxygen atoms in total. The van der Waals surface area contributed by atoms with Gasteiger partial charge >= 0.3 is 0 Å². The summed E-state index contributed by atoms with van der Waals surface area (Å²) >= 11 is 20.1. The monoisotopic (exact) mass is 426 g/mol. The molecule has 1 aliphatic rings. The van der Waals surface area contributed by atoms with E-state index in [0.29, 0.717) is 0 Å². The van der Waals surface area contributed by atoms with Gasteiger partial charge in [0.05, 0.1) is 0 Å². The summed E-state index contributed by atoms with van der Waals surface area (Å²) in [5, 5.41) is 3.54. The highest BCUT2D eigenvalue weighted by Crippen LogP contribution is 2.46. The highest BCUT2D eigenvalue weighted by atomic mass is 79.9. The van der Waals surface area contributed by atoms with Gasteiger partial charge in [-0.25, -0.2) is 0 Å². The van der Waals surface area contributed by atoms with Gasteiger partial charge in [-0.1, -0.05) is 74.0 Å². The molecule has 1 fully saturated rings. The van der Waals surface area contributed by atoms with Crippen LogP contribution in [0.3, 0.4) is 0 Å². The zero-order chi connectivity index (χ0) is 13.9. The van der Waals surface area contributed by atoms with Crippen LogP contribution in [0.15, 0.2) is 18.2 Å². The molecule has 0 radical (unpaired) electrons. The normalized spacial score (nSPS) is 17.1. The molecule has 0 spiro atoms. The van der Waals surface area contributed by atoms with Gasteiger partial charge in [0.1, 0.15) is 0 Å². The first-order chi connectivity index (χ1) is 9.13. The van der Waals surface area contributed by atoms with E-state index in [1.54, 1.807) is 0 Å². The molecule has 19 heavy (non-hydrogen) atoms. The van der Waals surface area contributed by atoms with E-state index < -0.39 is 0 Å². The van der Waals surface area contributed by atoms with Crippen LogP contribution < -0.4 is 0 Å². The van der Waals surface area contributed by atoms with Gasteiger partial charge in [0.2, 0.25) is 0 Å². The van der Waals surface area contributed by atoms with Gasteiger partial charge in [-0.2, -0.15) is 0 Å². The van der Waals surface area contributed by atoms with Crippen LogP contribution in [0.4, 0.5) is 0 Å². The molecule has 106 valence electrons. The van der Waals surface area contributed by atoms with Gasteiger partial charge in [-0.3, -0.25) is 0 Å². The first kappa shape index (κ1) is 16.1. The van der Waals surface area contributed by atoms with Crippen LogP contribution >= 0.6 is 55.1 Å². The fourth-order valence-corrected chi connectivity index (χ4v) is 5.86. The van der Waals surface area contributed by atoms with Gasteiger partial charge in [-0.15, -0.1) is 0 Å². The number of benzene rings is 1. The zero-order valence-corrected chi connectivity index (χ0v) is 15.5. The first-order valence-electron chi connectivity index (χ1n) is 6.68. The number of alkyl halides is 2. The minimum atomic E-state index is 0.213. The summed E-state index contributed by atoms with van der Waals surface area (Å²) < 4.78 is 0. The number of halogens is 4. The van der Waals surface area contributed by atoms with E-state index in [2.05, 4.69) is 31.9 Å². The van der Waals surface area contributed by atoms with Crippen molar-refractivity contribution in [1.82, 2.24) is 0 Å². The molecule has 0 aromatic heterocycles. The van der Waals surface area contributed by atoms with Crippen molar-refractivity contribution in [3.8, 4) is 0 Å². The first-order valence-corrected chi connectivity index (χ1v) is 9.67. The third-order valence-electron chi connectivity index (χ3n) is 4.34. The van der Waals surface area contributed by atoms with Crippen molar-refractivity contribution in [1.29, 1.82) is 0 Å². The summed E-state index contributed by atoms with van der Waals surface area (Å²) in [5.41, 5.74) is 1.31. The van der Waals surface area contributed by atoms with Crippen molar-refractivity contribution in [2.75, 3.05) is 10.7 Å². The summed E-state index contributed by atoms with van der Waals surface area (Å²) in [4.78, 5) is 0. The Hall–Kier alpha value is 0.760. The van der Waals surface area contributed by atoms with Gasteiger partial charge < -0.3 is 0 Å². The average Bonchev–Trinajstić information content (AvgIpc) is 2.94. The molecule has 1 aromatic rings. The van der Waals surface area contributed by atoms with E-state index >= 15 is 0 Å². The molecule has 2 rings (SSSR count). The standard InChI is InChI=1S/C15H18Br2Cl2/c16-9-15(10-17,11-4-1-2-5-11)8-12-13(18)6-3-7-14(12)19/h3,6-7,11H,1-2,4-5,8-10H2. The lowest BCUT2D eigenvalue weighted by atomic mass is 9.73. The number of hydrogen-bond acceptors (Lipinski definition) is 0. The van der Waals surface area contributed by atoms with Crippen LogP contribution in [-0.4, -0.2) is 10.7 Å². The lowest BCUT2D eigenvalue weighted by Gasteiger charge is -2.37. The second-order valence-corrected chi connectivity index (χ2v) is 7.42. The highest BCUT2D eigenvalue weighted by Gasteiger charge is 2.39. The Bertz CT molecular complexity index is 404. The van der Waals surface area contributed by atoms with Crippen molar-refractivity contribution in [2.45, 2.75) is 32.1 Å². The summed E-state index contributed by atoms with van der Waals surface area (Å²) in [6.07, 6.45) is 6.27. The van der Waals surface area contributed by atoms with Crippen molar-refractivity contribution in [3.63, 3.8) is 0 Å². The molecule has 1 aliphatic carbocycles. The fraction of sp³-hybridized carbons (Fsp3) is 0.600. The Morgan fingerprint density at radius 1 is 1.05 bits per heavy atom. The molecular formula is C15H18Br2Cl2. The van der Waals surface area contributed by atoms with E-state index in [4.69, 9.17) is 23.2 Å². The van der Waals surface area contributed by atoms with Gasteiger partial charge in [0.15, 0.2) is 0 Å². The molecule has 0 saturated heterocycles. The largest absolute Gasteiger partial charge is 0.0921 e. The topological polar surface area (TPSA) is 0 Å². The molecule has 0 N–H and O–H groups in total. The Balaban J connectivity index is 2.30. The minimum absolute atomic E-state index is 0.213. The van der Waals surface area contributed by atoms with Gasteiger partial charge in [-0.05, 0) is 48.3 Å². The number of rotatable bonds is 5. The van der Waals surface area contributed by atoms with E-state index in [-0.39, 0.29) is 5.41 Å². The summed E-state index contributed by atoms with van der Waals surface area (Å²) in [5.74, 6) is 0.749. The third kappa shape index (κ3) is 3.51. The Labute approximate surface area is 142 Å². The van der Waals surface area contributed by atoms with Crippen molar-refractivity contribution in [3.05, 3.63) is 33.8 Å². The van der Waals surface area contributed by atoms with Gasteiger partial charge in [0.25, 0.3) is 0 Å². The van der Waals surface area contributed by atoms with Crippen LogP contribution in [-0.2, 0) is 6.42 Å². The molecule has 0 amide bonds. The molecule has 4 heteroatoms. The van der Waals surface area contributed by atoms with Crippen LogP contribution in [0.2, 0.25) is 10.0 Å². The molecule has 0 heterocycles.